The van der Waals surface area contributed by atoms with E-state index in [0.29, 0.717) is 29.6 Å². The first kappa shape index (κ1) is 24.1. The van der Waals surface area contributed by atoms with Gasteiger partial charge in [0.05, 0.1) is 6.20 Å². The van der Waals surface area contributed by atoms with E-state index in [2.05, 4.69) is 41.3 Å². The molecule has 0 bridgehead atoms. The third kappa shape index (κ3) is 6.16. The number of benzene rings is 1. The van der Waals surface area contributed by atoms with Gasteiger partial charge in [-0.3, -0.25) is 11.0 Å². The van der Waals surface area contributed by atoms with E-state index in [0.717, 1.165) is 17.8 Å². The summed E-state index contributed by atoms with van der Waals surface area (Å²) in [6.07, 6.45) is 6.47. The standard InChI is InChI=1S/C22H25FN6.U/c1-5-6-11-18-22(29(4)14-16-9-7-8-10-17(16)23)26-21(13-24-18)25-20-12-19(15(2)3)27-28-20;/h6-13,15H,2-3,5,14H2,1,4H3,(H2,25,26,27,28);/q-2;+2/b11-6+;. The van der Waals surface area contributed by atoms with Crippen LogP contribution in [0.5, 0.6) is 0 Å². The largest absolute Gasteiger partial charge is 2.00 e. The number of H-pyrrole nitrogens is 1. The predicted molar refractivity (Wildman–Crippen MR) is 115 cm³/mol. The molecule has 0 aliphatic rings. The molecule has 2 heterocycles. The molecule has 0 fully saturated rings. The van der Waals surface area contributed by atoms with Crippen molar-refractivity contribution in [3.63, 3.8) is 0 Å². The van der Waals surface area contributed by atoms with Crippen LogP contribution in [0.2, 0.25) is 0 Å². The molecule has 2 N–H and O–H groups in total. The van der Waals surface area contributed by atoms with Crippen molar-refractivity contribution in [3.8, 4) is 0 Å². The predicted octanol–water partition coefficient (Wildman–Crippen LogP) is 4.89. The maximum Gasteiger partial charge on any atom is 2.00 e. The van der Waals surface area contributed by atoms with Crippen molar-refractivity contribution in [2.75, 3.05) is 17.3 Å². The smallest absolute Gasteiger partial charge is 0.364 e. The maximum absolute atomic E-state index is 14.1. The summed E-state index contributed by atoms with van der Waals surface area (Å²) in [6, 6.07) is 8.56. The van der Waals surface area contributed by atoms with E-state index >= 15 is 0 Å². The van der Waals surface area contributed by atoms with Crippen LogP contribution in [0.3, 0.4) is 0 Å². The number of nitrogens with zero attached hydrogens (tertiary/aromatic N) is 4. The summed E-state index contributed by atoms with van der Waals surface area (Å²) < 4.78 is 14.1. The molecule has 1 aromatic carbocycles. The van der Waals surface area contributed by atoms with Gasteiger partial charge in [0, 0.05) is 19.2 Å². The topological polar surface area (TPSA) is 69.7 Å². The molecule has 0 aliphatic heterocycles. The number of aromatic nitrogens is 4. The average molecular weight is 631 g/mol. The van der Waals surface area contributed by atoms with E-state index < -0.39 is 0 Å². The molecule has 30 heavy (non-hydrogen) atoms. The summed E-state index contributed by atoms with van der Waals surface area (Å²) in [4.78, 5) is 11.1. The van der Waals surface area contributed by atoms with Gasteiger partial charge >= 0.3 is 31.1 Å². The van der Waals surface area contributed by atoms with Gasteiger partial charge in [-0.05, 0) is 30.3 Å². The Hall–Kier alpha value is -2.17. The zero-order chi connectivity index (χ0) is 20.8. The number of aromatic amines is 1. The first-order valence-electron chi connectivity index (χ1n) is 9.44. The van der Waals surface area contributed by atoms with Gasteiger partial charge in [-0.25, -0.2) is 14.4 Å². The number of hydrogen-bond acceptors (Lipinski definition) is 5. The Morgan fingerprint density at radius 3 is 2.70 bits per heavy atom. The van der Waals surface area contributed by atoms with Crippen LogP contribution < -0.4 is 10.2 Å². The van der Waals surface area contributed by atoms with Gasteiger partial charge in [0.25, 0.3) is 0 Å². The summed E-state index contributed by atoms with van der Waals surface area (Å²) >= 11 is 0. The summed E-state index contributed by atoms with van der Waals surface area (Å²) in [5.74, 6) is 1.40. The molecule has 8 heteroatoms. The third-order valence-corrected chi connectivity index (χ3v) is 4.31. The molecule has 0 saturated carbocycles. The van der Waals surface area contributed by atoms with E-state index in [1.54, 1.807) is 18.3 Å². The quantitative estimate of drug-likeness (QED) is 0.347. The molecule has 0 saturated heterocycles. The van der Waals surface area contributed by atoms with Gasteiger partial charge in [-0.2, -0.15) is 5.10 Å². The van der Waals surface area contributed by atoms with Crippen molar-refractivity contribution >= 4 is 23.5 Å². The molecule has 0 aliphatic carbocycles. The molecule has 0 amide bonds. The Balaban J connectivity index is 0.00000320. The molecular formula is C22H25FN6U. The van der Waals surface area contributed by atoms with Crippen LogP contribution in [0, 0.1) is 50.8 Å². The van der Waals surface area contributed by atoms with Gasteiger partial charge in [-0.1, -0.05) is 31.2 Å². The first-order valence-corrected chi connectivity index (χ1v) is 9.44. The molecule has 154 valence electrons. The molecule has 3 aromatic rings. The number of halogens is 1. The number of anilines is 3. The van der Waals surface area contributed by atoms with Gasteiger partial charge in [0.2, 0.25) is 0 Å². The fourth-order valence-corrected chi connectivity index (χ4v) is 2.77. The van der Waals surface area contributed by atoms with Crippen molar-refractivity contribution in [1.29, 1.82) is 0 Å². The van der Waals surface area contributed by atoms with Crippen molar-refractivity contribution < 1.29 is 35.5 Å². The second kappa shape index (κ2) is 11.3. The molecule has 2 aromatic heterocycles. The molecule has 0 radical (unpaired) electrons. The molecule has 3 rings (SSSR count). The van der Waals surface area contributed by atoms with E-state index in [-0.39, 0.29) is 42.8 Å². The summed E-state index contributed by atoms with van der Waals surface area (Å²) in [5.41, 5.74) is 2.13. The average Bonchev–Trinajstić information content (AvgIpc) is 3.17. The normalized spacial score (nSPS) is 11.0. The zero-order valence-electron chi connectivity index (χ0n) is 17.2. The summed E-state index contributed by atoms with van der Waals surface area (Å²) in [5, 5.41) is 10.2. The third-order valence-electron chi connectivity index (χ3n) is 4.31. The minimum Gasteiger partial charge on any atom is -0.364 e. The van der Waals surface area contributed by atoms with Crippen LogP contribution in [0.1, 0.15) is 36.2 Å². The zero-order valence-corrected chi connectivity index (χ0v) is 21.4. The van der Waals surface area contributed by atoms with Crippen LogP contribution >= 0.6 is 0 Å². The van der Waals surface area contributed by atoms with Crippen LogP contribution in [0.15, 0.2) is 42.6 Å². The Morgan fingerprint density at radius 2 is 2.03 bits per heavy atom. The number of nitrogens with one attached hydrogen (secondary N) is 2. The van der Waals surface area contributed by atoms with Crippen LogP contribution in [-0.4, -0.2) is 27.2 Å². The van der Waals surface area contributed by atoms with Crippen LogP contribution in [-0.2, 0) is 6.54 Å². The Morgan fingerprint density at radius 1 is 1.27 bits per heavy atom. The Labute approximate surface area is 200 Å². The fraction of sp³-hybridized carbons (Fsp3) is 0.227. The van der Waals surface area contributed by atoms with E-state index in [9.17, 15) is 4.39 Å². The SMILES string of the molecule is [CH2-]C([CH2-])c1cc(Nc2cnc(/C=C/CC)c(N(C)Cc3ccccc3F)n2)n[nH]1.[U+2]. The number of rotatable bonds is 8. The number of allylic oxidation sites excluding steroid dienone is 1. The van der Waals surface area contributed by atoms with Gasteiger partial charge < -0.3 is 24.1 Å². The van der Waals surface area contributed by atoms with Crippen molar-refractivity contribution in [2.45, 2.75) is 25.8 Å². The molecule has 6 nitrogen and oxygen atoms in total. The fourth-order valence-electron chi connectivity index (χ4n) is 2.77. The number of hydrogen-bond donors (Lipinski definition) is 2. The van der Waals surface area contributed by atoms with Gasteiger partial charge in [0.1, 0.15) is 11.5 Å². The van der Waals surface area contributed by atoms with Gasteiger partial charge in [-0.15, -0.1) is 0 Å². The second-order valence-corrected chi connectivity index (χ2v) is 6.75. The first-order chi connectivity index (χ1) is 14.0. The minimum absolute atomic E-state index is 0. The van der Waals surface area contributed by atoms with Crippen LogP contribution in [0.25, 0.3) is 6.08 Å². The molecule has 0 spiro atoms. The molecule has 0 atom stereocenters. The Bertz CT molecular complexity index is 985. The van der Waals surface area contributed by atoms with Crippen molar-refractivity contribution in [3.05, 3.63) is 79.2 Å². The Kier molecular flexibility index (Phi) is 9.07. The summed E-state index contributed by atoms with van der Waals surface area (Å²) in [6.45, 7) is 10.2. The summed E-state index contributed by atoms with van der Waals surface area (Å²) in [7, 11) is 1.87. The second-order valence-electron chi connectivity index (χ2n) is 6.75. The van der Waals surface area contributed by atoms with E-state index in [1.807, 2.05) is 36.2 Å². The molecule has 0 unspecified atom stereocenters. The van der Waals surface area contributed by atoms with Crippen molar-refractivity contribution in [1.82, 2.24) is 20.2 Å². The van der Waals surface area contributed by atoms with Crippen molar-refractivity contribution in [2.24, 2.45) is 0 Å². The van der Waals surface area contributed by atoms with E-state index in [4.69, 9.17) is 4.98 Å². The van der Waals surface area contributed by atoms with Crippen LogP contribution in [0.4, 0.5) is 21.8 Å². The minimum atomic E-state index is -0.243. The molecular weight excluding hydrogens is 605 g/mol. The maximum atomic E-state index is 14.1. The van der Waals surface area contributed by atoms with E-state index in [1.165, 1.54) is 6.07 Å². The van der Waals surface area contributed by atoms with Gasteiger partial charge in [0.15, 0.2) is 17.5 Å². The monoisotopic (exact) mass is 630 g/mol.